The topological polar surface area (TPSA) is 78.5 Å². The van der Waals surface area contributed by atoms with Crippen LogP contribution < -0.4 is 15.5 Å². The number of hydrogen-bond acceptors (Lipinski definition) is 4. The zero-order valence-electron chi connectivity index (χ0n) is 17.9. The first-order chi connectivity index (χ1) is 16.3. The van der Waals surface area contributed by atoms with Crippen molar-refractivity contribution in [2.24, 2.45) is 0 Å². The zero-order chi connectivity index (χ0) is 24.4. The molecule has 2 N–H and O–H groups in total. The van der Waals surface area contributed by atoms with Crippen molar-refractivity contribution in [3.63, 3.8) is 0 Å². The van der Waals surface area contributed by atoms with E-state index in [0.717, 1.165) is 11.3 Å². The second kappa shape index (κ2) is 9.89. The van der Waals surface area contributed by atoms with Crippen LogP contribution in [0.1, 0.15) is 22.8 Å². The van der Waals surface area contributed by atoms with E-state index in [9.17, 15) is 14.4 Å². The largest absolute Gasteiger partial charge is 0.350 e. The normalized spacial score (nSPS) is 13.5. The van der Waals surface area contributed by atoms with Crippen molar-refractivity contribution in [1.82, 2.24) is 0 Å². The second-order valence-corrected chi connectivity index (χ2v) is 8.66. The molecule has 0 unspecified atom stereocenters. The van der Waals surface area contributed by atoms with Gasteiger partial charge in [0.25, 0.3) is 17.7 Å². The van der Waals surface area contributed by atoms with Crippen LogP contribution in [0, 0.1) is 0 Å². The summed E-state index contributed by atoms with van der Waals surface area (Å²) in [5, 5.41) is 5.87. The molecule has 1 aliphatic heterocycles. The summed E-state index contributed by atoms with van der Waals surface area (Å²) < 4.78 is 0. The summed E-state index contributed by atoms with van der Waals surface area (Å²) in [6.45, 7) is 2.05. The van der Waals surface area contributed by atoms with Gasteiger partial charge < -0.3 is 10.6 Å². The van der Waals surface area contributed by atoms with Gasteiger partial charge in [-0.1, -0.05) is 59.9 Å². The van der Waals surface area contributed by atoms with E-state index in [2.05, 4.69) is 17.6 Å². The first-order valence-electron chi connectivity index (χ1n) is 10.3. The molecule has 0 atom stereocenters. The zero-order valence-corrected chi connectivity index (χ0v) is 20.1. The van der Waals surface area contributed by atoms with Crippen molar-refractivity contribution in [3.8, 4) is 0 Å². The number of carbonyl (C=O) groups excluding carboxylic acids is 3. The van der Waals surface area contributed by atoms with Crippen LogP contribution in [0.5, 0.6) is 0 Å². The van der Waals surface area contributed by atoms with E-state index >= 15 is 0 Å². The molecule has 3 aromatic rings. The molecule has 34 heavy (non-hydrogen) atoms. The molecule has 4 rings (SSSR count). The predicted molar refractivity (Wildman–Crippen MR) is 136 cm³/mol. The fraction of sp³-hybridized carbons (Fsp3) is 0.0800. The van der Waals surface area contributed by atoms with Crippen molar-refractivity contribution < 1.29 is 14.4 Å². The van der Waals surface area contributed by atoms with Crippen LogP contribution in [0.3, 0.4) is 0 Å². The van der Waals surface area contributed by atoms with Crippen molar-refractivity contribution in [2.45, 2.75) is 13.3 Å². The Labute approximate surface area is 211 Å². The monoisotopic (exact) mass is 513 g/mol. The molecule has 0 saturated carbocycles. The number of imide groups is 1. The highest BCUT2D eigenvalue weighted by Gasteiger charge is 2.40. The summed E-state index contributed by atoms with van der Waals surface area (Å²) in [6.07, 6.45) is 0.905. The van der Waals surface area contributed by atoms with Gasteiger partial charge in [0.15, 0.2) is 0 Å². The minimum Gasteiger partial charge on any atom is -0.350 e. The third kappa shape index (κ3) is 4.80. The molecule has 172 valence electrons. The Bertz CT molecular complexity index is 1340. The van der Waals surface area contributed by atoms with Crippen LogP contribution in [-0.2, 0) is 16.0 Å². The van der Waals surface area contributed by atoms with Gasteiger partial charge in [-0.15, -0.1) is 0 Å². The summed E-state index contributed by atoms with van der Waals surface area (Å²) in [5.74, 6) is -1.75. The van der Waals surface area contributed by atoms with Gasteiger partial charge in [-0.25, -0.2) is 4.90 Å². The molecule has 0 aromatic heterocycles. The van der Waals surface area contributed by atoms with Crippen molar-refractivity contribution >= 4 is 69.6 Å². The van der Waals surface area contributed by atoms with E-state index in [0.29, 0.717) is 22.0 Å². The molecule has 3 aromatic carbocycles. The molecule has 0 fully saturated rings. The molecule has 6 nitrogen and oxygen atoms in total. The quantitative estimate of drug-likeness (QED) is 0.382. The smallest absolute Gasteiger partial charge is 0.283 e. The summed E-state index contributed by atoms with van der Waals surface area (Å²) in [7, 11) is 0. The van der Waals surface area contributed by atoms with E-state index in [-0.39, 0.29) is 27.3 Å². The van der Waals surface area contributed by atoms with Crippen LogP contribution in [-0.4, -0.2) is 17.7 Å². The molecule has 0 radical (unpaired) electrons. The number of nitrogens with zero attached hydrogens (tertiary/aromatic N) is 1. The molecule has 0 spiro atoms. The number of anilines is 3. The maximum Gasteiger partial charge on any atom is 0.283 e. The molecular weight excluding hydrogens is 497 g/mol. The fourth-order valence-corrected chi connectivity index (χ4v) is 3.98. The maximum absolute atomic E-state index is 13.0. The Morgan fingerprint density at radius 1 is 0.882 bits per heavy atom. The lowest BCUT2D eigenvalue weighted by molar-refractivity contribution is -0.120. The van der Waals surface area contributed by atoms with E-state index in [1.807, 2.05) is 24.3 Å². The number of hydrogen-bond donors (Lipinski definition) is 2. The molecule has 3 amide bonds. The van der Waals surface area contributed by atoms with Crippen LogP contribution in [0.25, 0.3) is 0 Å². The van der Waals surface area contributed by atoms with Crippen LogP contribution in [0.2, 0.25) is 10.0 Å². The first-order valence-corrected chi connectivity index (χ1v) is 11.4. The van der Waals surface area contributed by atoms with E-state index in [4.69, 9.17) is 34.8 Å². The van der Waals surface area contributed by atoms with Gasteiger partial charge in [-0.3, -0.25) is 14.4 Å². The van der Waals surface area contributed by atoms with Crippen molar-refractivity contribution in [2.75, 3.05) is 15.5 Å². The Morgan fingerprint density at radius 2 is 1.62 bits per heavy atom. The molecule has 0 saturated heterocycles. The second-order valence-electron chi connectivity index (χ2n) is 7.44. The van der Waals surface area contributed by atoms with E-state index in [1.54, 1.807) is 30.3 Å². The van der Waals surface area contributed by atoms with Gasteiger partial charge in [0.05, 0.1) is 10.7 Å². The summed E-state index contributed by atoms with van der Waals surface area (Å²) >= 11 is 18.4. The first kappa shape index (κ1) is 23.8. The van der Waals surface area contributed by atoms with Gasteiger partial charge in [0, 0.05) is 22.0 Å². The van der Waals surface area contributed by atoms with Crippen LogP contribution in [0.4, 0.5) is 17.1 Å². The van der Waals surface area contributed by atoms with Crippen molar-refractivity contribution in [1.29, 1.82) is 0 Å². The lowest BCUT2D eigenvalue weighted by Gasteiger charge is -2.17. The Hall–Kier alpha value is -3.32. The fourth-order valence-electron chi connectivity index (χ4n) is 3.40. The van der Waals surface area contributed by atoms with Gasteiger partial charge in [0.2, 0.25) is 0 Å². The molecule has 1 heterocycles. The number of aryl methyl sites for hydroxylation is 1. The lowest BCUT2D eigenvalue weighted by Crippen LogP contribution is -2.32. The van der Waals surface area contributed by atoms with E-state index < -0.39 is 11.8 Å². The third-order valence-corrected chi connectivity index (χ3v) is 6.10. The summed E-state index contributed by atoms with van der Waals surface area (Å²) in [4.78, 5) is 39.3. The minimum absolute atomic E-state index is 0.126. The molecular formula is C25H18Cl3N3O3. The van der Waals surface area contributed by atoms with Gasteiger partial charge >= 0.3 is 0 Å². The number of nitrogens with one attached hydrogen (secondary N) is 2. The standard InChI is InChI=1S/C25H18Cl3N3O3/c1-2-14-6-9-17(10-7-14)30-23(32)15-4-3-5-18(12-15)29-22-21(28)24(33)31(25(22)34)20-13-16(26)8-11-19(20)27/h3-13,29H,2H2,1H3,(H,30,32). The molecule has 0 aliphatic carbocycles. The minimum atomic E-state index is -0.734. The molecule has 1 aliphatic rings. The highest BCUT2D eigenvalue weighted by molar-refractivity contribution is 6.54. The molecule has 0 bridgehead atoms. The lowest BCUT2D eigenvalue weighted by atomic mass is 10.1. The number of rotatable bonds is 6. The average molecular weight is 515 g/mol. The summed E-state index contributed by atoms with van der Waals surface area (Å²) in [6, 6.07) is 18.5. The Kier molecular flexibility index (Phi) is 6.93. The third-order valence-electron chi connectivity index (χ3n) is 5.19. The van der Waals surface area contributed by atoms with Crippen molar-refractivity contribution in [3.05, 3.63) is 98.6 Å². The Balaban J connectivity index is 1.54. The number of benzene rings is 3. The SMILES string of the molecule is CCc1ccc(NC(=O)c2cccc(NC3=C(Cl)C(=O)N(c4cc(Cl)ccc4Cl)C3=O)c2)cc1. The highest BCUT2D eigenvalue weighted by atomic mass is 35.5. The average Bonchev–Trinajstić information content (AvgIpc) is 3.04. The Morgan fingerprint density at radius 3 is 2.32 bits per heavy atom. The number of amides is 3. The van der Waals surface area contributed by atoms with Gasteiger partial charge in [-0.05, 0) is 60.5 Å². The number of carbonyl (C=O) groups is 3. The summed E-state index contributed by atoms with van der Waals surface area (Å²) in [5.41, 5.74) is 2.59. The number of halogens is 3. The maximum atomic E-state index is 13.0. The van der Waals surface area contributed by atoms with Gasteiger partial charge in [0.1, 0.15) is 10.7 Å². The van der Waals surface area contributed by atoms with Gasteiger partial charge in [-0.2, -0.15) is 0 Å². The predicted octanol–water partition coefficient (Wildman–Crippen LogP) is 6.24. The van der Waals surface area contributed by atoms with Crippen LogP contribution >= 0.6 is 34.8 Å². The highest BCUT2D eigenvalue weighted by Crippen LogP contribution is 2.35. The van der Waals surface area contributed by atoms with E-state index in [1.165, 1.54) is 17.7 Å². The molecule has 9 heteroatoms. The van der Waals surface area contributed by atoms with Crippen LogP contribution in [0.15, 0.2) is 77.5 Å².